The molecule has 3 rings (SSSR count). The zero-order chi connectivity index (χ0) is 21.9. The number of amides is 1. The molecule has 2 bridgehead atoms. The molecule has 1 aromatic carbocycles. The lowest BCUT2D eigenvalue weighted by Gasteiger charge is -2.48. The van der Waals surface area contributed by atoms with E-state index in [1.165, 1.54) is 0 Å². The molecule has 2 fully saturated rings. The van der Waals surface area contributed by atoms with Gasteiger partial charge in [0, 0.05) is 24.9 Å². The maximum absolute atomic E-state index is 12.7. The summed E-state index contributed by atoms with van der Waals surface area (Å²) < 4.78 is 16.9. The lowest BCUT2D eigenvalue weighted by molar-refractivity contribution is -0.142. The number of fused-ring (bicyclic) bond motifs is 2. The minimum absolute atomic E-state index is 0.00704. The third-order valence-electron chi connectivity index (χ3n) is 5.48. The minimum Gasteiger partial charge on any atom is -0.489 e. The lowest BCUT2D eigenvalue weighted by atomic mass is 9.83. The van der Waals surface area contributed by atoms with Crippen LogP contribution in [0.3, 0.4) is 0 Å². The van der Waals surface area contributed by atoms with Gasteiger partial charge >= 0.3 is 12.1 Å². The maximum Gasteiger partial charge on any atom is 0.410 e. The van der Waals surface area contributed by atoms with Gasteiger partial charge in [-0.25, -0.2) is 4.79 Å². The SMILES string of the molecule is CCOC(=O)Cc1ccc(OC2C[C@H]3CCC[C@@H](C2)N3C(=O)OC(C)(C)C)c(Cl)c1. The first-order chi connectivity index (χ1) is 14.2. The van der Waals surface area contributed by atoms with E-state index >= 15 is 0 Å². The Hall–Kier alpha value is -1.95. The van der Waals surface area contributed by atoms with Crippen LogP contribution in [0.5, 0.6) is 5.75 Å². The van der Waals surface area contributed by atoms with Crippen LogP contribution < -0.4 is 4.74 Å². The van der Waals surface area contributed by atoms with Crippen LogP contribution in [-0.2, 0) is 20.7 Å². The van der Waals surface area contributed by atoms with Crippen molar-refractivity contribution in [3.05, 3.63) is 28.8 Å². The number of nitrogens with zero attached hydrogens (tertiary/aromatic N) is 1. The molecule has 1 unspecified atom stereocenters. The smallest absolute Gasteiger partial charge is 0.410 e. The molecule has 3 atom stereocenters. The Bertz CT molecular complexity index is 761. The van der Waals surface area contributed by atoms with Crippen molar-refractivity contribution in [1.29, 1.82) is 0 Å². The van der Waals surface area contributed by atoms with E-state index in [0.717, 1.165) is 37.7 Å². The largest absolute Gasteiger partial charge is 0.489 e. The third kappa shape index (κ3) is 5.81. The van der Waals surface area contributed by atoms with E-state index in [9.17, 15) is 9.59 Å². The Morgan fingerprint density at radius 1 is 1.17 bits per heavy atom. The van der Waals surface area contributed by atoms with Gasteiger partial charge in [0.05, 0.1) is 18.1 Å². The molecule has 0 spiro atoms. The maximum atomic E-state index is 12.7. The molecule has 0 aliphatic carbocycles. The summed E-state index contributed by atoms with van der Waals surface area (Å²) in [6, 6.07) is 5.66. The van der Waals surface area contributed by atoms with E-state index in [1.807, 2.05) is 37.8 Å². The molecule has 166 valence electrons. The van der Waals surface area contributed by atoms with Gasteiger partial charge in [0.15, 0.2) is 0 Å². The first-order valence-electron chi connectivity index (χ1n) is 10.8. The molecule has 30 heavy (non-hydrogen) atoms. The summed E-state index contributed by atoms with van der Waals surface area (Å²) in [6.07, 6.45) is 4.51. The molecule has 0 radical (unpaired) electrons. The average molecular weight is 438 g/mol. The van der Waals surface area contributed by atoms with Crippen molar-refractivity contribution in [3.8, 4) is 5.75 Å². The number of benzene rings is 1. The Morgan fingerprint density at radius 2 is 1.83 bits per heavy atom. The molecule has 0 N–H and O–H groups in total. The summed E-state index contributed by atoms with van der Waals surface area (Å²) >= 11 is 6.42. The summed E-state index contributed by atoms with van der Waals surface area (Å²) in [5.74, 6) is 0.336. The van der Waals surface area contributed by atoms with Gasteiger partial charge in [-0.05, 0) is 64.7 Å². The molecule has 2 aliphatic rings. The van der Waals surface area contributed by atoms with Crippen LogP contribution >= 0.6 is 11.6 Å². The summed E-state index contributed by atoms with van der Waals surface area (Å²) in [5.41, 5.74) is 0.291. The van der Waals surface area contributed by atoms with Gasteiger partial charge in [-0.3, -0.25) is 4.79 Å². The van der Waals surface area contributed by atoms with Crippen LogP contribution in [0.2, 0.25) is 5.02 Å². The van der Waals surface area contributed by atoms with E-state index in [4.69, 9.17) is 25.8 Å². The molecule has 0 saturated carbocycles. The highest BCUT2D eigenvalue weighted by Gasteiger charge is 2.43. The first-order valence-corrected chi connectivity index (χ1v) is 11.2. The lowest BCUT2D eigenvalue weighted by Crippen LogP contribution is -2.57. The average Bonchev–Trinajstić information content (AvgIpc) is 2.62. The van der Waals surface area contributed by atoms with Gasteiger partial charge in [0.1, 0.15) is 17.5 Å². The molecule has 7 heteroatoms. The Labute approximate surface area is 183 Å². The van der Waals surface area contributed by atoms with Crippen molar-refractivity contribution < 1.29 is 23.8 Å². The zero-order valence-corrected chi connectivity index (χ0v) is 19.0. The van der Waals surface area contributed by atoms with Gasteiger partial charge < -0.3 is 19.1 Å². The number of carbonyl (C=O) groups is 2. The first kappa shape index (κ1) is 22.7. The minimum atomic E-state index is -0.502. The highest BCUT2D eigenvalue weighted by molar-refractivity contribution is 6.32. The van der Waals surface area contributed by atoms with Gasteiger partial charge in [-0.15, -0.1) is 0 Å². The van der Waals surface area contributed by atoms with Crippen LogP contribution in [0.4, 0.5) is 4.79 Å². The van der Waals surface area contributed by atoms with Crippen molar-refractivity contribution in [2.75, 3.05) is 6.61 Å². The fourth-order valence-electron chi connectivity index (χ4n) is 4.35. The highest BCUT2D eigenvalue weighted by atomic mass is 35.5. The number of hydrogen-bond acceptors (Lipinski definition) is 5. The van der Waals surface area contributed by atoms with Crippen molar-refractivity contribution in [3.63, 3.8) is 0 Å². The predicted octanol–water partition coefficient (Wildman–Crippen LogP) is 5.15. The topological polar surface area (TPSA) is 65.1 Å². The van der Waals surface area contributed by atoms with Crippen LogP contribution in [0, 0.1) is 0 Å². The molecule has 0 aromatic heterocycles. The van der Waals surface area contributed by atoms with Crippen LogP contribution in [0.15, 0.2) is 18.2 Å². The summed E-state index contributed by atoms with van der Waals surface area (Å²) in [7, 11) is 0. The summed E-state index contributed by atoms with van der Waals surface area (Å²) in [5, 5.41) is 0.483. The number of esters is 1. The van der Waals surface area contributed by atoms with E-state index in [0.29, 0.717) is 17.4 Å². The molecule has 2 aliphatic heterocycles. The number of hydrogen-bond donors (Lipinski definition) is 0. The monoisotopic (exact) mass is 437 g/mol. The predicted molar refractivity (Wildman–Crippen MR) is 115 cm³/mol. The second kappa shape index (κ2) is 9.46. The zero-order valence-electron chi connectivity index (χ0n) is 18.3. The van der Waals surface area contributed by atoms with E-state index in [-0.39, 0.29) is 36.7 Å². The number of ether oxygens (including phenoxy) is 3. The van der Waals surface area contributed by atoms with Crippen molar-refractivity contribution in [1.82, 2.24) is 4.90 Å². The van der Waals surface area contributed by atoms with E-state index < -0.39 is 5.60 Å². The van der Waals surface area contributed by atoms with Gasteiger partial charge in [-0.1, -0.05) is 17.7 Å². The van der Waals surface area contributed by atoms with Crippen LogP contribution in [-0.4, -0.2) is 47.4 Å². The van der Waals surface area contributed by atoms with Crippen molar-refractivity contribution in [2.24, 2.45) is 0 Å². The number of carbonyl (C=O) groups excluding carboxylic acids is 2. The number of rotatable bonds is 5. The third-order valence-corrected chi connectivity index (χ3v) is 5.77. The van der Waals surface area contributed by atoms with Gasteiger partial charge in [0.2, 0.25) is 0 Å². The second-order valence-electron chi connectivity index (χ2n) is 9.08. The molecular formula is C23H32ClNO5. The molecule has 1 aromatic rings. The standard InChI is InChI=1S/C23H32ClNO5/c1-5-28-21(26)12-15-9-10-20(19(24)11-15)29-18-13-16-7-6-8-17(14-18)25(16)22(27)30-23(2,3)4/h9-11,16-18H,5-8,12-14H2,1-4H3/t16-,17+,18?. The highest BCUT2D eigenvalue weighted by Crippen LogP contribution is 2.38. The number of piperidine rings is 2. The second-order valence-corrected chi connectivity index (χ2v) is 9.49. The van der Waals surface area contributed by atoms with Crippen molar-refractivity contribution in [2.45, 2.75) is 90.0 Å². The Kier molecular flexibility index (Phi) is 7.17. The summed E-state index contributed by atoms with van der Waals surface area (Å²) in [6.45, 7) is 7.82. The molecular weight excluding hydrogens is 406 g/mol. The fraction of sp³-hybridized carbons (Fsp3) is 0.652. The molecule has 2 saturated heterocycles. The Morgan fingerprint density at radius 3 is 2.40 bits per heavy atom. The van der Waals surface area contributed by atoms with E-state index in [2.05, 4.69) is 0 Å². The fourth-order valence-corrected chi connectivity index (χ4v) is 4.60. The molecule has 6 nitrogen and oxygen atoms in total. The summed E-state index contributed by atoms with van der Waals surface area (Å²) in [4.78, 5) is 26.3. The van der Waals surface area contributed by atoms with E-state index in [1.54, 1.807) is 13.0 Å². The number of halogens is 1. The van der Waals surface area contributed by atoms with Crippen molar-refractivity contribution >= 4 is 23.7 Å². The molecule has 1 amide bonds. The Balaban J connectivity index is 1.64. The van der Waals surface area contributed by atoms with Crippen LogP contribution in [0.1, 0.15) is 65.4 Å². The molecule has 2 heterocycles. The van der Waals surface area contributed by atoms with Gasteiger partial charge in [-0.2, -0.15) is 0 Å². The quantitative estimate of drug-likeness (QED) is 0.596. The van der Waals surface area contributed by atoms with Crippen LogP contribution in [0.25, 0.3) is 0 Å². The normalized spacial score (nSPS) is 23.6. The van der Waals surface area contributed by atoms with Gasteiger partial charge in [0.25, 0.3) is 0 Å².